The normalized spacial score (nSPS) is 35.1. The van der Waals surface area contributed by atoms with E-state index in [2.05, 4.69) is 0 Å². The van der Waals surface area contributed by atoms with Crippen LogP contribution >= 0.6 is 0 Å². The molecule has 10 nitrogen and oxygen atoms in total. The van der Waals surface area contributed by atoms with Gasteiger partial charge in [0.25, 0.3) is 0 Å². The van der Waals surface area contributed by atoms with Crippen LogP contribution in [0, 0.1) is 0 Å². The first kappa shape index (κ1) is 19.2. The maximum Gasteiger partial charge on any atom is 0.320 e. The van der Waals surface area contributed by atoms with Crippen LogP contribution < -0.4 is 11.5 Å². The molecular weight excluding hydrogens is 300 g/mol. The van der Waals surface area contributed by atoms with Crippen molar-refractivity contribution in [3.8, 4) is 0 Å². The first-order chi connectivity index (χ1) is 10.3. The first-order valence-corrected chi connectivity index (χ1v) is 6.96. The van der Waals surface area contributed by atoms with E-state index in [1.807, 2.05) is 0 Å². The molecule has 10 heteroatoms. The lowest BCUT2D eigenvalue weighted by Gasteiger charge is -2.40. The summed E-state index contributed by atoms with van der Waals surface area (Å²) in [5, 5.41) is 46.9. The summed E-state index contributed by atoms with van der Waals surface area (Å²) in [5.41, 5.74) is 10.9. The number of carboxylic acid groups (broad SMARTS) is 1. The number of ether oxygens (including phenoxy) is 2. The Bertz CT molecular complexity index is 356. The molecule has 0 unspecified atom stereocenters. The van der Waals surface area contributed by atoms with Gasteiger partial charge in [-0.3, -0.25) is 4.79 Å². The molecule has 9 N–H and O–H groups in total. The lowest BCUT2D eigenvalue weighted by Crippen LogP contribution is -2.60. The summed E-state index contributed by atoms with van der Waals surface area (Å²) in [4.78, 5) is 10.7. The van der Waals surface area contributed by atoms with Crippen molar-refractivity contribution in [1.82, 2.24) is 0 Å². The van der Waals surface area contributed by atoms with Gasteiger partial charge in [0.05, 0.1) is 12.7 Å². The number of carboxylic acids is 1. The Balaban J connectivity index is 2.59. The lowest BCUT2D eigenvalue weighted by molar-refractivity contribution is -0.310. The van der Waals surface area contributed by atoms with E-state index in [-0.39, 0.29) is 19.4 Å². The maximum atomic E-state index is 10.7. The van der Waals surface area contributed by atoms with Crippen LogP contribution in [0.3, 0.4) is 0 Å². The third kappa shape index (κ3) is 4.83. The molecule has 1 aliphatic rings. The highest BCUT2D eigenvalue weighted by Gasteiger charge is 2.44. The van der Waals surface area contributed by atoms with Crippen molar-refractivity contribution in [2.24, 2.45) is 11.5 Å². The Hall–Kier alpha value is -0.850. The first-order valence-electron chi connectivity index (χ1n) is 6.96. The van der Waals surface area contributed by atoms with Crippen molar-refractivity contribution < 1.29 is 39.8 Å². The monoisotopic (exact) mass is 324 g/mol. The number of carbonyl (C=O) groups is 1. The zero-order valence-corrected chi connectivity index (χ0v) is 12.0. The van der Waals surface area contributed by atoms with Gasteiger partial charge in [0.15, 0.2) is 6.29 Å². The molecule has 0 aliphatic carbocycles. The number of hydrogen-bond donors (Lipinski definition) is 7. The molecular formula is C12H24N2O8. The van der Waals surface area contributed by atoms with E-state index in [4.69, 9.17) is 31.2 Å². The second-order valence-electron chi connectivity index (χ2n) is 5.21. The molecule has 1 heterocycles. The summed E-state index contributed by atoms with van der Waals surface area (Å²) in [6.45, 7) is -0.552. The minimum absolute atomic E-state index is 0.0152. The van der Waals surface area contributed by atoms with Crippen LogP contribution in [0.15, 0.2) is 0 Å². The second kappa shape index (κ2) is 8.70. The van der Waals surface area contributed by atoms with Crippen molar-refractivity contribution in [3.05, 3.63) is 0 Å². The zero-order chi connectivity index (χ0) is 16.9. The van der Waals surface area contributed by atoms with E-state index in [9.17, 15) is 20.1 Å². The minimum Gasteiger partial charge on any atom is -0.480 e. The molecule has 1 aliphatic heterocycles. The molecule has 0 aromatic rings. The second-order valence-corrected chi connectivity index (χ2v) is 5.21. The van der Waals surface area contributed by atoms with E-state index in [0.29, 0.717) is 0 Å². The van der Waals surface area contributed by atoms with E-state index < -0.39 is 55.4 Å². The molecule has 1 fully saturated rings. The van der Waals surface area contributed by atoms with E-state index >= 15 is 0 Å². The Labute approximate surface area is 127 Å². The number of aliphatic carboxylic acids is 1. The Morgan fingerprint density at radius 2 is 1.82 bits per heavy atom. The number of rotatable bonds is 8. The standard InChI is InChI=1S/C12H24N2O8/c13-3-5(1-2-6(14)11(19)20)21-12-10(18)9(17)8(16)7(4-15)22-12/h5-10,12,15-18H,1-4,13-14H2,(H,19,20)/t5-,6-,7+,8-,9-,10+,12+/m0/s1. The summed E-state index contributed by atoms with van der Waals surface area (Å²) < 4.78 is 10.6. The number of nitrogens with two attached hydrogens (primary N) is 2. The predicted molar refractivity (Wildman–Crippen MR) is 72.5 cm³/mol. The van der Waals surface area contributed by atoms with Gasteiger partial charge in [-0.05, 0) is 12.8 Å². The molecule has 22 heavy (non-hydrogen) atoms. The molecule has 0 saturated carbocycles. The van der Waals surface area contributed by atoms with Crippen LogP contribution in [-0.2, 0) is 14.3 Å². The molecule has 0 spiro atoms. The number of aliphatic hydroxyl groups excluding tert-OH is 4. The van der Waals surface area contributed by atoms with E-state index in [0.717, 1.165) is 0 Å². The molecule has 0 bridgehead atoms. The van der Waals surface area contributed by atoms with Gasteiger partial charge in [-0.25, -0.2) is 0 Å². The Morgan fingerprint density at radius 3 is 2.32 bits per heavy atom. The number of aliphatic hydroxyl groups is 4. The van der Waals surface area contributed by atoms with Crippen LogP contribution in [0.1, 0.15) is 12.8 Å². The van der Waals surface area contributed by atoms with Crippen LogP contribution in [0.4, 0.5) is 0 Å². The van der Waals surface area contributed by atoms with Gasteiger partial charge in [-0.15, -0.1) is 0 Å². The Kier molecular flexibility index (Phi) is 7.59. The molecule has 0 amide bonds. The third-order valence-corrected chi connectivity index (χ3v) is 3.55. The number of hydrogen-bond acceptors (Lipinski definition) is 9. The molecule has 1 rings (SSSR count). The predicted octanol–water partition coefficient (Wildman–Crippen LogP) is -3.68. The molecule has 0 radical (unpaired) electrons. The average molecular weight is 324 g/mol. The van der Waals surface area contributed by atoms with Crippen molar-refractivity contribution in [2.75, 3.05) is 13.2 Å². The maximum absolute atomic E-state index is 10.7. The molecule has 0 aromatic carbocycles. The van der Waals surface area contributed by atoms with Crippen LogP contribution in [0.25, 0.3) is 0 Å². The van der Waals surface area contributed by atoms with Crippen LogP contribution in [0.5, 0.6) is 0 Å². The van der Waals surface area contributed by atoms with Gasteiger partial charge >= 0.3 is 5.97 Å². The summed E-state index contributed by atoms with van der Waals surface area (Å²) in [7, 11) is 0. The quantitative estimate of drug-likeness (QED) is 0.234. The summed E-state index contributed by atoms with van der Waals surface area (Å²) >= 11 is 0. The SMILES string of the molecule is NC[C@H](CC[C@H](N)C(=O)O)O[C@@H]1O[C@H](CO)[C@H](O)[C@H](O)[C@H]1O. The lowest BCUT2D eigenvalue weighted by atomic mass is 9.99. The van der Waals surface area contributed by atoms with Gasteiger partial charge in [0, 0.05) is 6.54 Å². The van der Waals surface area contributed by atoms with Crippen molar-refractivity contribution >= 4 is 5.97 Å². The van der Waals surface area contributed by atoms with Crippen LogP contribution in [-0.4, -0.2) is 87.5 Å². The Morgan fingerprint density at radius 1 is 1.18 bits per heavy atom. The summed E-state index contributed by atoms with van der Waals surface area (Å²) in [6, 6.07) is -1.06. The third-order valence-electron chi connectivity index (χ3n) is 3.55. The largest absolute Gasteiger partial charge is 0.480 e. The van der Waals surface area contributed by atoms with Gasteiger partial charge in [0.1, 0.15) is 30.5 Å². The van der Waals surface area contributed by atoms with Crippen LogP contribution in [0.2, 0.25) is 0 Å². The minimum atomic E-state index is -1.55. The van der Waals surface area contributed by atoms with Crippen molar-refractivity contribution in [1.29, 1.82) is 0 Å². The van der Waals surface area contributed by atoms with Gasteiger partial charge < -0.3 is 46.5 Å². The van der Waals surface area contributed by atoms with Gasteiger partial charge in [-0.2, -0.15) is 0 Å². The van der Waals surface area contributed by atoms with Gasteiger partial charge in [0.2, 0.25) is 0 Å². The fourth-order valence-electron chi connectivity index (χ4n) is 2.10. The fourth-order valence-corrected chi connectivity index (χ4v) is 2.10. The highest BCUT2D eigenvalue weighted by atomic mass is 16.7. The highest BCUT2D eigenvalue weighted by molar-refractivity contribution is 5.72. The smallest absolute Gasteiger partial charge is 0.320 e. The topological polar surface area (TPSA) is 189 Å². The summed E-state index contributed by atoms with van der Waals surface area (Å²) in [5.74, 6) is -1.15. The van der Waals surface area contributed by atoms with Crippen molar-refractivity contribution in [2.45, 2.75) is 55.7 Å². The van der Waals surface area contributed by atoms with E-state index in [1.54, 1.807) is 0 Å². The summed E-state index contributed by atoms with van der Waals surface area (Å²) in [6.07, 6.45) is -7.28. The average Bonchev–Trinajstić information content (AvgIpc) is 2.50. The molecule has 130 valence electrons. The molecule has 1 saturated heterocycles. The fraction of sp³-hybridized carbons (Fsp3) is 0.917. The van der Waals surface area contributed by atoms with Gasteiger partial charge in [-0.1, -0.05) is 0 Å². The zero-order valence-electron chi connectivity index (χ0n) is 12.0. The van der Waals surface area contributed by atoms with Crippen molar-refractivity contribution in [3.63, 3.8) is 0 Å². The van der Waals surface area contributed by atoms with E-state index in [1.165, 1.54) is 0 Å². The molecule has 0 aromatic heterocycles. The highest BCUT2D eigenvalue weighted by Crippen LogP contribution is 2.23. The molecule has 7 atom stereocenters.